The number of rotatable bonds is 5. The number of nitrogens with two attached hydrogens (primary N) is 1. The Hall–Kier alpha value is -0.730. The van der Waals surface area contributed by atoms with Crippen molar-refractivity contribution in [1.82, 2.24) is 4.31 Å². The van der Waals surface area contributed by atoms with Crippen LogP contribution < -0.4 is 5.73 Å². The van der Waals surface area contributed by atoms with Crippen LogP contribution in [-0.4, -0.2) is 42.0 Å². The van der Waals surface area contributed by atoms with Gasteiger partial charge >= 0.3 is 0 Å². The standard InChI is InChI=1S/C12H17ClN2O3S2/c1-12(2,7-16)15(3)20(17,18)10-6-8(11(14)19)4-5-9(10)13/h4-6,16H,7H2,1-3H3,(H2,14,19). The molecule has 112 valence electrons. The summed E-state index contributed by atoms with van der Waals surface area (Å²) in [6.07, 6.45) is 0. The second-order valence-corrected chi connectivity index (χ2v) is 7.74. The van der Waals surface area contributed by atoms with E-state index in [1.807, 2.05) is 0 Å². The van der Waals surface area contributed by atoms with Crippen molar-refractivity contribution in [1.29, 1.82) is 0 Å². The van der Waals surface area contributed by atoms with Crippen LogP contribution in [0.5, 0.6) is 0 Å². The number of nitrogens with zero attached hydrogens (tertiary/aromatic N) is 1. The molecule has 0 aliphatic carbocycles. The minimum absolute atomic E-state index is 0.0746. The number of aliphatic hydroxyl groups excluding tert-OH is 1. The van der Waals surface area contributed by atoms with Crippen LogP contribution in [0.4, 0.5) is 0 Å². The van der Waals surface area contributed by atoms with E-state index in [0.717, 1.165) is 4.31 Å². The summed E-state index contributed by atoms with van der Waals surface area (Å²) in [4.78, 5) is -0.00400. The largest absolute Gasteiger partial charge is 0.394 e. The van der Waals surface area contributed by atoms with Crippen molar-refractivity contribution in [3.63, 3.8) is 0 Å². The molecule has 3 N–H and O–H groups in total. The average molecular weight is 337 g/mol. The molecular weight excluding hydrogens is 320 g/mol. The summed E-state index contributed by atoms with van der Waals surface area (Å²) in [6.45, 7) is 2.89. The zero-order valence-electron chi connectivity index (χ0n) is 11.4. The van der Waals surface area contributed by atoms with Gasteiger partial charge in [0.15, 0.2) is 0 Å². The summed E-state index contributed by atoms with van der Waals surface area (Å²) >= 11 is 10.8. The second kappa shape index (κ2) is 5.95. The number of aliphatic hydroxyl groups is 1. The zero-order chi connectivity index (χ0) is 15.7. The summed E-state index contributed by atoms with van der Waals surface area (Å²) in [5, 5.41) is 9.38. The Kier molecular flexibility index (Phi) is 5.15. The highest BCUT2D eigenvalue weighted by molar-refractivity contribution is 7.89. The molecule has 0 aliphatic heterocycles. The third kappa shape index (κ3) is 3.29. The molecule has 0 unspecified atom stereocenters. The van der Waals surface area contributed by atoms with E-state index in [2.05, 4.69) is 0 Å². The van der Waals surface area contributed by atoms with Gasteiger partial charge in [-0.25, -0.2) is 8.42 Å². The van der Waals surface area contributed by atoms with Gasteiger partial charge in [-0.15, -0.1) is 0 Å². The second-order valence-electron chi connectivity index (χ2n) is 4.95. The van der Waals surface area contributed by atoms with Crippen LogP contribution in [0.25, 0.3) is 0 Å². The summed E-state index contributed by atoms with van der Waals surface area (Å²) < 4.78 is 26.2. The van der Waals surface area contributed by atoms with Crippen LogP contribution in [0.3, 0.4) is 0 Å². The van der Waals surface area contributed by atoms with Gasteiger partial charge in [0.25, 0.3) is 0 Å². The maximum absolute atomic E-state index is 12.6. The molecule has 0 fully saturated rings. The molecule has 1 rings (SSSR count). The smallest absolute Gasteiger partial charge is 0.244 e. The third-order valence-corrected chi connectivity index (χ3v) is 5.88. The van der Waals surface area contributed by atoms with Crippen LogP contribution in [0.2, 0.25) is 5.02 Å². The SMILES string of the molecule is CN(C(C)(C)CO)S(=O)(=O)c1cc(C(N)=S)ccc1Cl. The van der Waals surface area contributed by atoms with Gasteiger partial charge in [-0.2, -0.15) is 4.31 Å². The lowest BCUT2D eigenvalue weighted by molar-refractivity contribution is 0.138. The first-order chi connectivity index (χ1) is 9.04. The first kappa shape index (κ1) is 17.3. The first-order valence-corrected chi connectivity index (χ1v) is 7.96. The molecule has 0 atom stereocenters. The maximum Gasteiger partial charge on any atom is 0.244 e. The number of sulfonamides is 1. The summed E-state index contributed by atoms with van der Waals surface area (Å²) in [5.41, 5.74) is 4.96. The van der Waals surface area contributed by atoms with Crippen LogP contribution in [0.15, 0.2) is 23.1 Å². The Morgan fingerprint density at radius 3 is 2.50 bits per heavy atom. The van der Waals surface area contributed by atoms with Gasteiger partial charge in [0.2, 0.25) is 10.0 Å². The molecule has 1 aromatic carbocycles. The fraction of sp³-hybridized carbons (Fsp3) is 0.417. The first-order valence-electron chi connectivity index (χ1n) is 5.73. The Morgan fingerprint density at radius 1 is 1.50 bits per heavy atom. The minimum Gasteiger partial charge on any atom is -0.394 e. The van der Waals surface area contributed by atoms with Crippen LogP contribution in [0, 0.1) is 0 Å². The van der Waals surface area contributed by atoms with Gasteiger partial charge in [0.05, 0.1) is 17.2 Å². The number of likely N-dealkylation sites (N-methyl/N-ethyl adjacent to an activating group) is 1. The zero-order valence-corrected chi connectivity index (χ0v) is 13.8. The predicted octanol–water partition coefficient (Wildman–Crippen LogP) is 1.37. The molecule has 8 heteroatoms. The van der Waals surface area contributed by atoms with Crippen molar-refractivity contribution in [2.24, 2.45) is 5.73 Å². The van der Waals surface area contributed by atoms with Crippen molar-refractivity contribution in [3.05, 3.63) is 28.8 Å². The Balaban J connectivity index is 3.43. The molecule has 1 aromatic rings. The molecule has 0 bridgehead atoms. The molecule has 0 aliphatic rings. The fourth-order valence-corrected chi connectivity index (χ4v) is 3.56. The normalized spacial score (nSPS) is 12.7. The average Bonchev–Trinajstić information content (AvgIpc) is 2.37. The van der Waals surface area contributed by atoms with Crippen LogP contribution in [0.1, 0.15) is 19.4 Å². The van der Waals surface area contributed by atoms with Crippen molar-refractivity contribution in [3.8, 4) is 0 Å². The number of hydrogen-bond acceptors (Lipinski definition) is 4. The summed E-state index contributed by atoms with van der Waals surface area (Å²) in [7, 11) is -2.49. The molecule has 0 saturated heterocycles. The lowest BCUT2D eigenvalue weighted by atomic mass is 10.1. The van der Waals surface area contributed by atoms with Crippen LogP contribution in [-0.2, 0) is 10.0 Å². The van der Waals surface area contributed by atoms with Gasteiger partial charge in [-0.3, -0.25) is 0 Å². The van der Waals surface area contributed by atoms with E-state index in [-0.39, 0.29) is 21.5 Å². The summed E-state index contributed by atoms with van der Waals surface area (Å²) in [5.74, 6) is 0. The highest BCUT2D eigenvalue weighted by Crippen LogP contribution is 2.28. The lowest BCUT2D eigenvalue weighted by Gasteiger charge is -2.33. The number of hydrogen-bond donors (Lipinski definition) is 2. The highest BCUT2D eigenvalue weighted by Gasteiger charge is 2.34. The van der Waals surface area contributed by atoms with E-state index in [4.69, 9.17) is 29.6 Å². The van der Waals surface area contributed by atoms with E-state index in [9.17, 15) is 13.5 Å². The van der Waals surface area contributed by atoms with Gasteiger partial charge in [-0.05, 0) is 26.0 Å². The molecule has 0 heterocycles. The van der Waals surface area contributed by atoms with Gasteiger partial charge < -0.3 is 10.8 Å². The quantitative estimate of drug-likeness (QED) is 0.793. The van der Waals surface area contributed by atoms with E-state index >= 15 is 0 Å². The Labute approximate surface area is 129 Å². The van der Waals surface area contributed by atoms with Crippen molar-refractivity contribution in [2.75, 3.05) is 13.7 Å². The third-order valence-electron chi connectivity index (χ3n) is 3.09. The minimum atomic E-state index is -3.87. The van der Waals surface area contributed by atoms with Crippen LogP contribution >= 0.6 is 23.8 Å². The molecule has 0 aromatic heterocycles. The maximum atomic E-state index is 12.6. The van der Waals surface area contributed by atoms with E-state index < -0.39 is 15.6 Å². The summed E-state index contributed by atoms with van der Waals surface area (Å²) in [6, 6.07) is 4.33. The predicted molar refractivity (Wildman–Crippen MR) is 83.5 cm³/mol. The van der Waals surface area contributed by atoms with E-state index in [0.29, 0.717) is 5.56 Å². The van der Waals surface area contributed by atoms with E-state index in [1.165, 1.54) is 19.2 Å². The monoisotopic (exact) mass is 336 g/mol. The highest BCUT2D eigenvalue weighted by atomic mass is 35.5. The molecular formula is C12H17ClN2O3S2. The van der Waals surface area contributed by atoms with Crippen molar-refractivity contribution < 1.29 is 13.5 Å². The van der Waals surface area contributed by atoms with Gasteiger partial charge in [0, 0.05) is 12.6 Å². The molecule has 0 spiro atoms. The molecule has 20 heavy (non-hydrogen) atoms. The van der Waals surface area contributed by atoms with Gasteiger partial charge in [0.1, 0.15) is 9.88 Å². The molecule has 0 amide bonds. The fourth-order valence-electron chi connectivity index (χ4n) is 1.43. The molecule has 0 saturated carbocycles. The topological polar surface area (TPSA) is 83.6 Å². The Morgan fingerprint density at radius 2 is 2.05 bits per heavy atom. The van der Waals surface area contributed by atoms with Gasteiger partial charge in [-0.1, -0.05) is 29.9 Å². The molecule has 5 nitrogen and oxygen atoms in total. The van der Waals surface area contributed by atoms with Crippen molar-refractivity contribution in [2.45, 2.75) is 24.3 Å². The Bertz CT molecular complexity index is 630. The van der Waals surface area contributed by atoms with E-state index in [1.54, 1.807) is 19.9 Å². The number of thiocarbonyl (C=S) groups is 1. The van der Waals surface area contributed by atoms with Crippen molar-refractivity contribution >= 4 is 38.8 Å². The number of benzene rings is 1. The molecule has 0 radical (unpaired) electrons. The number of halogens is 1. The lowest BCUT2D eigenvalue weighted by Crippen LogP contribution is -2.47.